The summed E-state index contributed by atoms with van der Waals surface area (Å²) in [5.41, 5.74) is -3.27. The maximum absolute atomic E-state index is 13.2. The number of carboxylic acids is 1. The maximum Gasteiger partial charge on any atom is 0.404 e. The summed E-state index contributed by atoms with van der Waals surface area (Å²) in [6, 6.07) is 12.5. The van der Waals surface area contributed by atoms with Crippen LogP contribution in [-0.4, -0.2) is 145 Å². The number of halogens is 9. The lowest BCUT2D eigenvalue weighted by molar-refractivity contribution is -0.221. The number of H-pyrrole nitrogens is 2. The van der Waals surface area contributed by atoms with Crippen molar-refractivity contribution in [1.82, 2.24) is 30.0 Å². The van der Waals surface area contributed by atoms with Gasteiger partial charge in [0.15, 0.2) is 5.41 Å². The predicted molar refractivity (Wildman–Crippen MR) is 257 cm³/mol. The molecule has 0 saturated carbocycles. The number of amides is 1. The molecule has 0 aliphatic carbocycles. The zero-order valence-electron chi connectivity index (χ0n) is 38.3. The SMILES string of the molecule is CC(C)(C(=O)N1CCC(N2CCN(c3cc(Cl)c4c(=O)[nH]ccc4c3)CC2)CC1)C(F)(F)F.CC(C)(C(=O)O)C(F)(F)F.Cl.O=c1[nH]ccc2cc(N3CCN(C4CCNCC4)CC3)cc(Cl)c12. The maximum atomic E-state index is 13.2. The quantitative estimate of drug-likeness (QED) is 0.140. The number of carboxylic acid groups (broad SMARTS) is 1. The Morgan fingerprint density at radius 1 is 0.603 bits per heavy atom. The van der Waals surface area contributed by atoms with Gasteiger partial charge in [0.25, 0.3) is 11.1 Å². The summed E-state index contributed by atoms with van der Waals surface area (Å²) in [5.74, 6) is -2.70. The van der Waals surface area contributed by atoms with Gasteiger partial charge in [-0.05, 0) is 114 Å². The first-order chi connectivity index (χ1) is 31.4. The summed E-state index contributed by atoms with van der Waals surface area (Å²) in [7, 11) is 0. The number of benzene rings is 2. The highest BCUT2D eigenvalue weighted by Crippen LogP contribution is 2.40. The normalized spacial score (nSPS) is 18.6. The number of carbonyl (C=O) groups is 2. The fourth-order valence-electron chi connectivity index (χ4n) is 8.83. The van der Waals surface area contributed by atoms with Crippen LogP contribution in [0.25, 0.3) is 21.5 Å². The van der Waals surface area contributed by atoms with Crippen LogP contribution in [0, 0.1) is 10.8 Å². The summed E-state index contributed by atoms with van der Waals surface area (Å²) in [4.78, 5) is 62.7. The van der Waals surface area contributed by atoms with Crippen LogP contribution in [0.15, 0.2) is 58.4 Å². The standard InChI is InChI=1S/C23H28ClF3N4O2.C18H23ClN4O.C5H7F3O2.ClH/c1-22(2,23(25,26)27)21(33)31-7-4-16(5-8-31)29-9-11-30(12-10-29)17-13-15-3-6-28-20(32)19(15)18(24)14-17;19-16-12-15(11-13-1-6-21-18(24)17(13)16)23-9-7-22(8-10-23)14-2-4-20-5-3-14;1-4(2,3(9)10)5(6,7)8;/h3,6,13-14,16H,4-5,7-12H2,1-2H3,(H,28,32);1,6,11-12,14,20H,2-5,7-10H2,(H,21,24);1-2H3,(H,9,10);1H. The number of likely N-dealkylation sites (tertiary alicyclic amines) is 1. The van der Waals surface area contributed by atoms with Crippen molar-refractivity contribution in [2.24, 2.45) is 10.8 Å². The fraction of sp³-hybridized carbons (Fsp3) is 0.565. The van der Waals surface area contributed by atoms with Crippen molar-refractivity contribution in [3.8, 4) is 0 Å². The molecule has 8 rings (SSSR count). The van der Waals surface area contributed by atoms with Crippen molar-refractivity contribution in [1.29, 1.82) is 0 Å². The van der Waals surface area contributed by atoms with Crippen LogP contribution >= 0.6 is 35.6 Å². The van der Waals surface area contributed by atoms with Gasteiger partial charge in [0, 0.05) is 101 Å². The van der Waals surface area contributed by atoms with E-state index in [0.717, 1.165) is 107 Å². The summed E-state index contributed by atoms with van der Waals surface area (Å²) >= 11 is 12.7. The van der Waals surface area contributed by atoms with E-state index in [-0.39, 0.29) is 29.6 Å². The van der Waals surface area contributed by atoms with Gasteiger partial charge in [-0.15, -0.1) is 12.4 Å². The molecule has 22 heteroatoms. The topological polar surface area (TPSA) is 148 Å². The zero-order chi connectivity index (χ0) is 49.1. The van der Waals surface area contributed by atoms with Gasteiger partial charge in [0.1, 0.15) is 5.41 Å². The van der Waals surface area contributed by atoms with Crippen molar-refractivity contribution >= 4 is 80.4 Å². The molecule has 4 aromatic rings. The highest BCUT2D eigenvalue weighted by atomic mass is 35.5. The van der Waals surface area contributed by atoms with Crippen LogP contribution < -0.4 is 26.2 Å². The van der Waals surface area contributed by atoms with Crippen molar-refractivity contribution in [3.63, 3.8) is 0 Å². The molecule has 2 aromatic carbocycles. The predicted octanol–water partition coefficient (Wildman–Crippen LogP) is 8.02. The van der Waals surface area contributed by atoms with Crippen molar-refractivity contribution in [3.05, 3.63) is 79.5 Å². The van der Waals surface area contributed by atoms with E-state index in [1.807, 2.05) is 30.3 Å². The third-order valence-corrected chi connectivity index (χ3v) is 14.2. The number of aromatic amines is 2. The van der Waals surface area contributed by atoms with E-state index in [2.05, 4.69) is 41.0 Å². The molecule has 4 N–H and O–H groups in total. The van der Waals surface area contributed by atoms with E-state index in [1.165, 1.54) is 17.7 Å². The number of hydrogen-bond acceptors (Lipinski definition) is 9. The Hall–Kier alpha value is -4.27. The lowest BCUT2D eigenvalue weighted by atomic mass is 9.89. The molecule has 2 aromatic heterocycles. The van der Waals surface area contributed by atoms with Gasteiger partial charge in [0.2, 0.25) is 5.91 Å². The number of aliphatic carboxylic acids is 1. The minimum atomic E-state index is -4.68. The molecule has 4 aliphatic heterocycles. The summed E-state index contributed by atoms with van der Waals surface area (Å²) in [5, 5.41) is 15.2. The van der Waals surface area contributed by atoms with Crippen LogP contribution in [0.3, 0.4) is 0 Å². The molecule has 4 saturated heterocycles. The smallest absolute Gasteiger partial charge is 0.404 e. The number of aromatic nitrogens is 2. The van der Waals surface area contributed by atoms with E-state index in [1.54, 1.807) is 12.4 Å². The molecule has 13 nitrogen and oxygen atoms in total. The minimum Gasteiger partial charge on any atom is -0.481 e. The monoisotopic (exact) mass is 1020 g/mol. The number of fused-ring (bicyclic) bond motifs is 2. The number of pyridine rings is 2. The Balaban J connectivity index is 0.000000216. The number of nitrogens with zero attached hydrogens (tertiary/aromatic N) is 5. The highest BCUT2D eigenvalue weighted by molar-refractivity contribution is 6.36. The molecule has 6 heterocycles. The van der Waals surface area contributed by atoms with Gasteiger partial charge < -0.3 is 35.1 Å². The van der Waals surface area contributed by atoms with E-state index in [0.29, 0.717) is 60.6 Å². The fourth-order valence-corrected chi connectivity index (χ4v) is 9.44. The average molecular weight is 1020 g/mol. The lowest BCUT2D eigenvalue weighted by Crippen LogP contribution is -2.56. The molecule has 0 radical (unpaired) electrons. The van der Waals surface area contributed by atoms with Crippen LogP contribution in [0.1, 0.15) is 53.4 Å². The van der Waals surface area contributed by atoms with Crippen LogP contribution in [-0.2, 0) is 9.59 Å². The average Bonchev–Trinajstić information content (AvgIpc) is 3.28. The van der Waals surface area contributed by atoms with E-state index < -0.39 is 35.1 Å². The van der Waals surface area contributed by atoms with Crippen molar-refractivity contribution < 1.29 is 41.0 Å². The number of anilines is 2. The first-order valence-corrected chi connectivity index (χ1v) is 23.1. The number of piperidine rings is 2. The van der Waals surface area contributed by atoms with Crippen LogP contribution in [0.4, 0.5) is 37.7 Å². The van der Waals surface area contributed by atoms with E-state index in [4.69, 9.17) is 28.3 Å². The molecular formula is C46H59Cl3F6N8O5. The minimum absolute atomic E-state index is 0. The Morgan fingerprint density at radius 3 is 1.34 bits per heavy atom. The molecule has 4 fully saturated rings. The molecule has 1 amide bonds. The number of carbonyl (C=O) groups excluding carboxylic acids is 1. The molecular weight excluding hydrogens is 965 g/mol. The number of piperazine rings is 2. The van der Waals surface area contributed by atoms with E-state index >= 15 is 0 Å². The number of nitrogens with one attached hydrogen (secondary N) is 3. The van der Waals surface area contributed by atoms with Crippen LogP contribution in [0.2, 0.25) is 10.0 Å². The zero-order valence-corrected chi connectivity index (χ0v) is 40.7. The van der Waals surface area contributed by atoms with Gasteiger partial charge in [-0.25, -0.2) is 0 Å². The van der Waals surface area contributed by atoms with Crippen LogP contribution in [0.5, 0.6) is 0 Å². The second-order valence-corrected chi connectivity index (χ2v) is 19.3. The lowest BCUT2D eigenvalue weighted by Gasteiger charge is -2.44. The molecule has 0 bridgehead atoms. The van der Waals surface area contributed by atoms with Gasteiger partial charge >= 0.3 is 18.3 Å². The summed E-state index contributed by atoms with van der Waals surface area (Å²) < 4.78 is 74.8. The van der Waals surface area contributed by atoms with Crippen molar-refractivity contribution in [2.75, 3.05) is 88.3 Å². The molecule has 68 heavy (non-hydrogen) atoms. The summed E-state index contributed by atoms with van der Waals surface area (Å²) in [6.45, 7) is 13.5. The molecule has 0 atom stereocenters. The summed E-state index contributed by atoms with van der Waals surface area (Å²) in [6.07, 6.45) is -2.10. The van der Waals surface area contributed by atoms with Crippen molar-refractivity contribution in [2.45, 2.75) is 77.8 Å². The second kappa shape index (κ2) is 22.2. The van der Waals surface area contributed by atoms with E-state index in [9.17, 15) is 45.5 Å². The van der Waals surface area contributed by atoms with Gasteiger partial charge in [-0.2, -0.15) is 26.3 Å². The molecule has 4 aliphatic rings. The number of alkyl halides is 6. The Bertz CT molecular complexity index is 2490. The Kier molecular flexibility index (Phi) is 17.9. The third-order valence-electron chi connectivity index (χ3n) is 13.6. The number of hydrogen-bond donors (Lipinski definition) is 4. The first-order valence-electron chi connectivity index (χ1n) is 22.4. The first kappa shape index (κ1) is 54.7. The second-order valence-electron chi connectivity index (χ2n) is 18.5. The van der Waals surface area contributed by atoms with Gasteiger partial charge in [-0.3, -0.25) is 29.0 Å². The van der Waals surface area contributed by atoms with Gasteiger partial charge in [0.05, 0.1) is 20.8 Å². The molecule has 0 unspecified atom stereocenters. The molecule has 376 valence electrons. The third kappa shape index (κ3) is 12.4. The highest BCUT2D eigenvalue weighted by Gasteiger charge is 2.55. The Labute approximate surface area is 406 Å². The number of rotatable bonds is 6. The molecule has 0 spiro atoms. The Morgan fingerprint density at radius 2 is 0.985 bits per heavy atom. The van der Waals surface area contributed by atoms with Gasteiger partial charge in [-0.1, -0.05) is 23.2 Å². The largest absolute Gasteiger partial charge is 0.481 e.